The maximum atomic E-state index is 11.9. The molecular weight excluding hydrogens is 288 g/mol. The van der Waals surface area contributed by atoms with E-state index < -0.39 is 5.97 Å². The fourth-order valence-corrected chi connectivity index (χ4v) is 3.45. The Bertz CT molecular complexity index is 521. The van der Waals surface area contributed by atoms with E-state index in [1.54, 1.807) is 14.0 Å². The van der Waals surface area contributed by atoms with Crippen molar-refractivity contribution >= 4 is 28.0 Å². The van der Waals surface area contributed by atoms with Crippen LogP contribution in [0.5, 0.6) is 5.75 Å². The molecule has 118 valence electrons. The Morgan fingerprint density at radius 3 is 2.62 bits per heavy atom. The van der Waals surface area contributed by atoms with Crippen molar-refractivity contribution in [3.8, 4) is 5.75 Å². The number of nitrogen functional groups attached to an aromatic ring is 1. The normalized spacial score (nSPS) is 15.9. The predicted octanol–water partition coefficient (Wildman–Crippen LogP) is 3.36. The predicted molar refractivity (Wildman–Crippen MR) is 86.2 cm³/mol. The monoisotopic (exact) mass is 312 g/mol. The maximum Gasteiger partial charge on any atom is 0.350 e. The van der Waals surface area contributed by atoms with Gasteiger partial charge in [-0.3, -0.25) is 0 Å². The van der Waals surface area contributed by atoms with Gasteiger partial charge < -0.3 is 20.5 Å². The van der Waals surface area contributed by atoms with Crippen LogP contribution in [0, 0.1) is 11.3 Å². The van der Waals surface area contributed by atoms with Crippen molar-refractivity contribution < 1.29 is 14.3 Å². The molecule has 1 fully saturated rings. The van der Waals surface area contributed by atoms with E-state index in [2.05, 4.69) is 19.2 Å². The Kier molecular flexibility index (Phi) is 4.66. The molecule has 1 aliphatic rings. The number of hydrogen-bond acceptors (Lipinski definition) is 6. The second kappa shape index (κ2) is 6.13. The zero-order valence-corrected chi connectivity index (χ0v) is 13.9. The summed E-state index contributed by atoms with van der Waals surface area (Å²) in [5, 5.41) is 4.22. The Labute approximate surface area is 129 Å². The summed E-state index contributed by atoms with van der Waals surface area (Å²) in [6.45, 7) is 7.48. The minimum atomic E-state index is -0.392. The molecule has 5 nitrogen and oxygen atoms in total. The zero-order chi connectivity index (χ0) is 15.6. The zero-order valence-electron chi connectivity index (χ0n) is 13.1. The molecule has 0 spiro atoms. The van der Waals surface area contributed by atoms with Crippen LogP contribution in [0.2, 0.25) is 0 Å². The third kappa shape index (κ3) is 3.10. The highest BCUT2D eigenvalue weighted by Gasteiger charge is 2.45. The van der Waals surface area contributed by atoms with Gasteiger partial charge in [0.1, 0.15) is 15.6 Å². The van der Waals surface area contributed by atoms with Gasteiger partial charge in [0.15, 0.2) is 5.75 Å². The van der Waals surface area contributed by atoms with Gasteiger partial charge in [0.25, 0.3) is 0 Å². The van der Waals surface area contributed by atoms with Gasteiger partial charge >= 0.3 is 5.97 Å². The largest absolute Gasteiger partial charge is 0.492 e. The lowest BCUT2D eigenvalue weighted by molar-refractivity contribution is 0.0533. The van der Waals surface area contributed by atoms with Crippen molar-refractivity contribution in [1.29, 1.82) is 0 Å². The number of carbonyl (C=O) groups is 1. The second-order valence-corrected chi connectivity index (χ2v) is 6.82. The average Bonchev–Trinajstić information content (AvgIpc) is 3.16. The standard InChI is InChI=1S/C15H24N2O3S/c1-5-20-14(18)12-10(16)11(19-4)13(21-12)17-8-15(6-7-15)9(2)3/h9,17H,5-8,16H2,1-4H3. The van der Waals surface area contributed by atoms with E-state index in [-0.39, 0.29) is 0 Å². The molecule has 3 N–H and O–H groups in total. The fourth-order valence-electron chi connectivity index (χ4n) is 2.47. The number of esters is 1. The highest BCUT2D eigenvalue weighted by atomic mass is 32.1. The number of hydrogen-bond donors (Lipinski definition) is 2. The lowest BCUT2D eigenvalue weighted by atomic mass is 9.92. The highest BCUT2D eigenvalue weighted by Crippen LogP contribution is 2.52. The Hall–Kier alpha value is -1.43. The van der Waals surface area contributed by atoms with Crippen molar-refractivity contribution in [3.63, 3.8) is 0 Å². The van der Waals surface area contributed by atoms with Crippen LogP contribution in [0.4, 0.5) is 10.7 Å². The smallest absolute Gasteiger partial charge is 0.350 e. The van der Waals surface area contributed by atoms with Gasteiger partial charge in [0.2, 0.25) is 0 Å². The van der Waals surface area contributed by atoms with E-state index in [1.165, 1.54) is 24.2 Å². The molecule has 21 heavy (non-hydrogen) atoms. The molecule has 1 saturated carbocycles. The highest BCUT2D eigenvalue weighted by molar-refractivity contribution is 7.19. The Balaban J connectivity index is 2.15. The van der Waals surface area contributed by atoms with Crippen molar-refractivity contribution in [2.75, 3.05) is 31.3 Å². The Morgan fingerprint density at radius 2 is 2.14 bits per heavy atom. The van der Waals surface area contributed by atoms with Crippen LogP contribution in [0.25, 0.3) is 0 Å². The van der Waals surface area contributed by atoms with Gasteiger partial charge in [-0.2, -0.15) is 0 Å². The summed E-state index contributed by atoms with van der Waals surface area (Å²) in [4.78, 5) is 12.3. The first-order valence-corrected chi connectivity index (χ1v) is 8.14. The van der Waals surface area contributed by atoms with Crippen LogP contribution in [0.3, 0.4) is 0 Å². The molecule has 1 aliphatic carbocycles. The second-order valence-electron chi connectivity index (χ2n) is 5.80. The van der Waals surface area contributed by atoms with Crippen LogP contribution in [-0.2, 0) is 4.74 Å². The van der Waals surface area contributed by atoms with E-state index in [0.717, 1.165) is 11.5 Å². The molecule has 1 heterocycles. The lowest BCUT2D eigenvalue weighted by Gasteiger charge is -2.20. The summed E-state index contributed by atoms with van der Waals surface area (Å²) in [6.07, 6.45) is 2.48. The molecule has 6 heteroatoms. The summed E-state index contributed by atoms with van der Waals surface area (Å²) >= 11 is 1.30. The van der Waals surface area contributed by atoms with Crippen LogP contribution >= 0.6 is 11.3 Å². The van der Waals surface area contributed by atoms with Gasteiger partial charge in [0, 0.05) is 6.54 Å². The quantitative estimate of drug-likeness (QED) is 0.755. The van der Waals surface area contributed by atoms with E-state index >= 15 is 0 Å². The number of nitrogens with one attached hydrogen (secondary N) is 1. The van der Waals surface area contributed by atoms with Crippen LogP contribution in [0.15, 0.2) is 0 Å². The number of thiophene rings is 1. The van der Waals surface area contributed by atoms with E-state index in [0.29, 0.717) is 34.3 Å². The number of carbonyl (C=O) groups excluding carboxylic acids is 1. The van der Waals surface area contributed by atoms with Gasteiger partial charge in [-0.15, -0.1) is 11.3 Å². The molecule has 0 bridgehead atoms. The van der Waals surface area contributed by atoms with Crippen molar-refractivity contribution in [2.24, 2.45) is 11.3 Å². The summed E-state index contributed by atoms with van der Waals surface area (Å²) < 4.78 is 10.4. The molecule has 0 amide bonds. The van der Waals surface area contributed by atoms with E-state index in [1.807, 2.05) is 0 Å². The first kappa shape index (κ1) is 15.9. The number of ether oxygens (including phenoxy) is 2. The molecule has 0 aliphatic heterocycles. The van der Waals surface area contributed by atoms with Crippen LogP contribution in [0.1, 0.15) is 43.3 Å². The first-order valence-electron chi connectivity index (χ1n) is 7.32. The van der Waals surface area contributed by atoms with Crippen LogP contribution in [-0.4, -0.2) is 26.2 Å². The van der Waals surface area contributed by atoms with Gasteiger partial charge in [-0.25, -0.2) is 4.79 Å². The fraction of sp³-hybridized carbons (Fsp3) is 0.667. The Morgan fingerprint density at radius 1 is 1.48 bits per heavy atom. The van der Waals surface area contributed by atoms with Crippen molar-refractivity contribution in [3.05, 3.63) is 4.88 Å². The van der Waals surface area contributed by atoms with Crippen molar-refractivity contribution in [1.82, 2.24) is 0 Å². The third-order valence-corrected chi connectivity index (χ3v) is 5.41. The number of methoxy groups -OCH3 is 1. The molecule has 1 aromatic heterocycles. The van der Waals surface area contributed by atoms with E-state index in [4.69, 9.17) is 15.2 Å². The number of nitrogens with two attached hydrogens (primary N) is 1. The molecule has 0 radical (unpaired) electrons. The molecule has 0 aromatic carbocycles. The van der Waals surface area contributed by atoms with Gasteiger partial charge in [0.05, 0.1) is 13.7 Å². The molecule has 0 saturated heterocycles. The molecular formula is C15H24N2O3S. The number of rotatable bonds is 7. The lowest BCUT2D eigenvalue weighted by Crippen LogP contribution is -2.20. The molecule has 2 rings (SSSR count). The average molecular weight is 312 g/mol. The van der Waals surface area contributed by atoms with Crippen LogP contribution < -0.4 is 15.8 Å². The maximum absolute atomic E-state index is 11.9. The minimum Gasteiger partial charge on any atom is -0.492 e. The summed E-state index contributed by atoms with van der Waals surface area (Å²) in [6, 6.07) is 0. The third-order valence-electron chi connectivity index (χ3n) is 4.28. The first-order chi connectivity index (χ1) is 9.95. The van der Waals surface area contributed by atoms with E-state index in [9.17, 15) is 4.79 Å². The topological polar surface area (TPSA) is 73.6 Å². The molecule has 1 aromatic rings. The summed E-state index contributed by atoms with van der Waals surface area (Å²) in [5.41, 5.74) is 6.73. The summed E-state index contributed by atoms with van der Waals surface area (Å²) in [7, 11) is 1.56. The minimum absolute atomic E-state index is 0.331. The molecule has 0 atom stereocenters. The van der Waals surface area contributed by atoms with Gasteiger partial charge in [-0.05, 0) is 31.1 Å². The summed E-state index contributed by atoms with van der Waals surface area (Å²) in [5.74, 6) is 0.789. The van der Waals surface area contributed by atoms with Gasteiger partial charge in [-0.1, -0.05) is 13.8 Å². The SMILES string of the molecule is CCOC(=O)c1sc(NCC2(C(C)C)CC2)c(OC)c1N. The molecule has 0 unspecified atom stereocenters. The van der Waals surface area contributed by atoms with Crippen molar-refractivity contribution in [2.45, 2.75) is 33.6 Å². The number of anilines is 2.